The molecule has 1 aliphatic rings. The van der Waals surface area contributed by atoms with Gasteiger partial charge in [-0.05, 0) is 35.7 Å². The van der Waals surface area contributed by atoms with Crippen LogP contribution < -0.4 is 9.79 Å². The normalized spacial score (nSPS) is 13.6. The van der Waals surface area contributed by atoms with Gasteiger partial charge in [-0.15, -0.1) is 0 Å². The second kappa shape index (κ2) is 6.62. The molecule has 0 atom stereocenters. The van der Waals surface area contributed by atoms with Gasteiger partial charge in [0.15, 0.2) is 0 Å². The van der Waals surface area contributed by atoms with Crippen molar-refractivity contribution in [2.45, 2.75) is 13.0 Å². The van der Waals surface area contributed by atoms with Gasteiger partial charge in [0.1, 0.15) is 0 Å². The number of carbonyl (C=O) groups is 1. The van der Waals surface area contributed by atoms with Crippen molar-refractivity contribution >= 4 is 21.6 Å². The number of fused-ring (bicyclic) bond motifs is 1. The first-order valence-electron chi connectivity index (χ1n) is 7.52. The summed E-state index contributed by atoms with van der Waals surface area (Å²) in [5, 5.41) is 0. The van der Waals surface area contributed by atoms with Crippen LogP contribution in [0.3, 0.4) is 0 Å². The third-order valence-electron chi connectivity index (χ3n) is 3.84. The van der Waals surface area contributed by atoms with E-state index in [4.69, 9.17) is 4.84 Å². The number of anilines is 1. The van der Waals surface area contributed by atoms with Gasteiger partial charge in [0.2, 0.25) is 10.0 Å². The maximum absolute atomic E-state index is 12.1. The molecule has 7 heteroatoms. The van der Waals surface area contributed by atoms with E-state index < -0.39 is 10.0 Å². The van der Waals surface area contributed by atoms with Crippen molar-refractivity contribution in [2.24, 2.45) is 0 Å². The van der Waals surface area contributed by atoms with Crippen molar-refractivity contribution in [1.82, 2.24) is 5.48 Å². The molecular formula is C17H18N2O4S. The van der Waals surface area contributed by atoms with E-state index in [1.54, 1.807) is 18.2 Å². The van der Waals surface area contributed by atoms with Crippen LogP contribution in [-0.4, -0.2) is 27.1 Å². The van der Waals surface area contributed by atoms with Gasteiger partial charge in [-0.3, -0.25) is 13.9 Å². The topological polar surface area (TPSA) is 75.7 Å². The first-order chi connectivity index (χ1) is 11.4. The molecule has 24 heavy (non-hydrogen) atoms. The molecule has 0 aromatic heterocycles. The van der Waals surface area contributed by atoms with Gasteiger partial charge >= 0.3 is 0 Å². The number of hydroxylamine groups is 1. The average molecular weight is 346 g/mol. The average Bonchev–Trinajstić information content (AvgIpc) is 2.99. The van der Waals surface area contributed by atoms with Gasteiger partial charge in [0.25, 0.3) is 5.91 Å². The van der Waals surface area contributed by atoms with Gasteiger partial charge in [0, 0.05) is 12.1 Å². The van der Waals surface area contributed by atoms with Gasteiger partial charge < -0.3 is 0 Å². The Kier molecular flexibility index (Phi) is 4.55. The van der Waals surface area contributed by atoms with E-state index >= 15 is 0 Å². The predicted octanol–water partition coefficient (Wildman–Crippen LogP) is 1.87. The molecule has 6 nitrogen and oxygen atoms in total. The summed E-state index contributed by atoms with van der Waals surface area (Å²) >= 11 is 0. The van der Waals surface area contributed by atoms with Crippen LogP contribution >= 0.6 is 0 Å². The van der Waals surface area contributed by atoms with Crippen LogP contribution in [0.2, 0.25) is 0 Å². The molecule has 1 amide bonds. The van der Waals surface area contributed by atoms with Crippen LogP contribution in [0, 0.1) is 0 Å². The lowest BCUT2D eigenvalue weighted by Gasteiger charge is -2.16. The molecule has 0 spiro atoms. The Bertz CT molecular complexity index is 850. The standard InChI is InChI=1S/C17H18N2O4S/c1-24(21,22)19-10-9-14-11-15(7-8-16(14)19)17(20)18-23-12-13-5-3-2-4-6-13/h2-8,11H,9-10,12H2,1H3,(H,18,20). The number of nitrogens with one attached hydrogen (secondary N) is 1. The van der Waals surface area contributed by atoms with Crippen molar-refractivity contribution in [3.63, 3.8) is 0 Å². The fourth-order valence-corrected chi connectivity index (χ4v) is 3.63. The highest BCUT2D eigenvalue weighted by Gasteiger charge is 2.26. The number of nitrogens with zero attached hydrogens (tertiary/aromatic N) is 1. The molecule has 2 aromatic carbocycles. The number of amides is 1. The molecule has 1 N–H and O–H groups in total. The molecular weight excluding hydrogens is 328 g/mol. The summed E-state index contributed by atoms with van der Waals surface area (Å²) in [7, 11) is -3.29. The highest BCUT2D eigenvalue weighted by atomic mass is 32.2. The molecule has 0 fully saturated rings. The molecule has 1 aliphatic heterocycles. The minimum absolute atomic E-state index is 0.277. The quantitative estimate of drug-likeness (QED) is 0.839. The largest absolute Gasteiger partial charge is 0.274 e. The molecule has 1 heterocycles. The summed E-state index contributed by atoms with van der Waals surface area (Å²) in [6.07, 6.45) is 1.77. The maximum Gasteiger partial charge on any atom is 0.274 e. The zero-order chi connectivity index (χ0) is 17.2. The summed E-state index contributed by atoms with van der Waals surface area (Å²) in [5.74, 6) is -0.355. The van der Waals surface area contributed by atoms with E-state index in [9.17, 15) is 13.2 Å². The second-order valence-corrected chi connectivity index (χ2v) is 7.54. The summed E-state index contributed by atoms with van der Waals surface area (Å²) < 4.78 is 24.8. The Morgan fingerprint density at radius 1 is 1.21 bits per heavy atom. The Hall–Kier alpha value is -2.38. The smallest absolute Gasteiger partial charge is 0.270 e. The van der Waals surface area contributed by atoms with Crippen LogP contribution in [0.4, 0.5) is 5.69 Å². The van der Waals surface area contributed by atoms with Crippen LogP contribution in [0.15, 0.2) is 48.5 Å². The van der Waals surface area contributed by atoms with E-state index in [-0.39, 0.29) is 12.5 Å². The number of carbonyl (C=O) groups excluding carboxylic acids is 1. The third-order valence-corrected chi connectivity index (χ3v) is 5.02. The van der Waals surface area contributed by atoms with Gasteiger partial charge in [-0.25, -0.2) is 13.9 Å². The SMILES string of the molecule is CS(=O)(=O)N1CCc2cc(C(=O)NOCc3ccccc3)ccc21. The lowest BCUT2D eigenvalue weighted by molar-refractivity contribution is 0.0233. The van der Waals surface area contributed by atoms with Crippen molar-refractivity contribution in [3.05, 3.63) is 65.2 Å². The molecule has 126 valence electrons. The lowest BCUT2D eigenvalue weighted by Crippen LogP contribution is -2.27. The van der Waals surface area contributed by atoms with Gasteiger partial charge in [-0.2, -0.15) is 0 Å². The highest BCUT2D eigenvalue weighted by Crippen LogP contribution is 2.30. The summed E-state index contributed by atoms with van der Waals surface area (Å²) in [5.41, 5.74) is 5.29. The minimum Gasteiger partial charge on any atom is -0.270 e. The zero-order valence-corrected chi connectivity index (χ0v) is 14.0. The minimum atomic E-state index is -3.29. The number of benzene rings is 2. The number of sulfonamides is 1. The van der Waals surface area contributed by atoms with Crippen molar-refractivity contribution in [2.75, 3.05) is 17.1 Å². The van der Waals surface area contributed by atoms with Gasteiger partial charge in [0.05, 0.1) is 18.6 Å². The molecule has 0 saturated heterocycles. The Morgan fingerprint density at radius 3 is 2.67 bits per heavy atom. The number of hydrogen-bond donors (Lipinski definition) is 1. The Balaban J connectivity index is 1.65. The predicted molar refractivity (Wildman–Crippen MR) is 91.0 cm³/mol. The molecule has 0 unspecified atom stereocenters. The molecule has 0 bridgehead atoms. The van der Waals surface area contributed by atoms with Crippen molar-refractivity contribution in [3.8, 4) is 0 Å². The van der Waals surface area contributed by atoms with Crippen LogP contribution in [0.25, 0.3) is 0 Å². The van der Waals surface area contributed by atoms with E-state index in [0.717, 1.165) is 11.1 Å². The second-order valence-electron chi connectivity index (χ2n) is 5.63. The van der Waals surface area contributed by atoms with Crippen LogP contribution in [0.5, 0.6) is 0 Å². The van der Waals surface area contributed by atoms with E-state index in [0.29, 0.717) is 24.2 Å². The summed E-state index contributed by atoms with van der Waals surface area (Å²) in [6, 6.07) is 14.5. The first kappa shape index (κ1) is 16.5. The van der Waals surface area contributed by atoms with Gasteiger partial charge in [-0.1, -0.05) is 30.3 Å². The van der Waals surface area contributed by atoms with E-state index in [2.05, 4.69) is 5.48 Å². The summed E-state index contributed by atoms with van der Waals surface area (Å²) in [4.78, 5) is 17.4. The van der Waals surface area contributed by atoms with E-state index in [1.165, 1.54) is 10.6 Å². The molecule has 0 radical (unpaired) electrons. The summed E-state index contributed by atoms with van der Waals surface area (Å²) in [6.45, 7) is 0.684. The monoisotopic (exact) mass is 346 g/mol. The number of hydrogen-bond acceptors (Lipinski definition) is 4. The molecule has 0 saturated carbocycles. The molecule has 2 aromatic rings. The van der Waals surface area contributed by atoms with Crippen molar-refractivity contribution in [1.29, 1.82) is 0 Å². The van der Waals surface area contributed by atoms with Crippen LogP contribution in [-0.2, 0) is 27.9 Å². The number of rotatable bonds is 5. The van der Waals surface area contributed by atoms with Crippen molar-refractivity contribution < 1.29 is 18.0 Å². The fourth-order valence-electron chi connectivity index (χ4n) is 2.68. The maximum atomic E-state index is 12.1. The first-order valence-corrected chi connectivity index (χ1v) is 9.37. The highest BCUT2D eigenvalue weighted by molar-refractivity contribution is 7.92. The van der Waals surface area contributed by atoms with Crippen LogP contribution in [0.1, 0.15) is 21.5 Å². The Morgan fingerprint density at radius 2 is 1.96 bits per heavy atom. The Labute approximate surface area is 141 Å². The van der Waals surface area contributed by atoms with E-state index in [1.807, 2.05) is 30.3 Å². The fraction of sp³-hybridized carbons (Fsp3) is 0.235. The lowest BCUT2D eigenvalue weighted by atomic mass is 10.1. The zero-order valence-electron chi connectivity index (χ0n) is 13.2. The molecule has 0 aliphatic carbocycles. The third kappa shape index (κ3) is 3.58. The molecule has 3 rings (SSSR count).